The molecule has 3 N–H and O–H groups in total. The van der Waals surface area contributed by atoms with Crippen LogP contribution in [0, 0.1) is 13.8 Å². The third kappa shape index (κ3) is 4.43. The van der Waals surface area contributed by atoms with Crippen molar-refractivity contribution in [2.45, 2.75) is 23.6 Å². The second-order valence-electron chi connectivity index (χ2n) is 7.82. The maximum absolute atomic E-state index is 14.2. The minimum atomic E-state index is -4.36. The molecule has 0 radical (unpaired) electrons. The molecule has 4 aromatic carbocycles. The highest BCUT2D eigenvalue weighted by Gasteiger charge is 2.30. The summed E-state index contributed by atoms with van der Waals surface area (Å²) in [4.78, 5) is -0.629. The molecule has 0 saturated carbocycles. The summed E-state index contributed by atoms with van der Waals surface area (Å²) in [6, 6.07) is 20.4. The van der Waals surface area contributed by atoms with Gasteiger partial charge >= 0.3 is 0 Å². The van der Waals surface area contributed by atoms with E-state index in [-0.39, 0.29) is 20.9 Å². The van der Waals surface area contributed by atoms with Crippen molar-refractivity contribution in [3.63, 3.8) is 0 Å². The number of hydrogen-bond acceptors (Lipinski definition) is 5. The summed E-state index contributed by atoms with van der Waals surface area (Å²) in [7, 11) is -8.57. The standard InChI is InChI=1S/C24H22N2O5S2/c1-16-5-3-7-19(11-16)26(20-8-4-6-17(2)12-20)33(30,31)24-15-22(32(25,28)29)13-18-9-10-21(27)14-23(18)24/h3-15,27H,1-2H3,(H2,25,28,29). The van der Waals surface area contributed by atoms with Crippen molar-refractivity contribution in [3.8, 4) is 5.75 Å². The number of rotatable bonds is 5. The first-order valence-corrected chi connectivity index (χ1v) is 12.9. The molecule has 0 saturated heterocycles. The summed E-state index contributed by atoms with van der Waals surface area (Å²) in [5, 5.41) is 15.9. The molecule has 9 heteroatoms. The van der Waals surface area contributed by atoms with Crippen LogP contribution in [0.4, 0.5) is 11.4 Å². The number of hydrogen-bond donors (Lipinski definition) is 2. The van der Waals surface area contributed by atoms with E-state index in [2.05, 4.69) is 0 Å². The van der Waals surface area contributed by atoms with Crippen molar-refractivity contribution in [1.29, 1.82) is 0 Å². The molecule has 0 heterocycles. The van der Waals surface area contributed by atoms with Gasteiger partial charge in [-0.3, -0.25) is 0 Å². The van der Waals surface area contributed by atoms with E-state index in [0.29, 0.717) is 16.8 Å². The van der Waals surface area contributed by atoms with E-state index in [1.807, 2.05) is 26.0 Å². The second-order valence-corrected chi connectivity index (χ2v) is 11.1. The van der Waals surface area contributed by atoms with E-state index in [1.54, 1.807) is 36.4 Å². The van der Waals surface area contributed by atoms with Crippen LogP contribution in [0.3, 0.4) is 0 Å². The molecule has 0 atom stereocenters. The van der Waals surface area contributed by atoms with E-state index in [0.717, 1.165) is 17.2 Å². The molecular formula is C24H22N2O5S2. The Labute approximate surface area is 192 Å². The Balaban J connectivity index is 2.10. The zero-order valence-corrected chi connectivity index (χ0v) is 19.6. The van der Waals surface area contributed by atoms with Crippen molar-refractivity contribution in [1.82, 2.24) is 0 Å². The van der Waals surface area contributed by atoms with Gasteiger partial charge < -0.3 is 5.11 Å². The molecule has 4 rings (SSSR count). The third-order valence-corrected chi connectivity index (χ3v) is 7.88. The Morgan fingerprint density at radius 2 is 1.33 bits per heavy atom. The van der Waals surface area contributed by atoms with Crippen molar-refractivity contribution < 1.29 is 21.9 Å². The van der Waals surface area contributed by atoms with Crippen molar-refractivity contribution in [2.75, 3.05) is 4.31 Å². The van der Waals surface area contributed by atoms with E-state index in [1.165, 1.54) is 28.6 Å². The Kier molecular flexibility index (Phi) is 5.65. The topological polar surface area (TPSA) is 118 Å². The van der Waals surface area contributed by atoms with Gasteiger partial charge in [0.15, 0.2) is 0 Å². The highest BCUT2D eigenvalue weighted by Crippen LogP contribution is 2.37. The number of benzene rings is 4. The van der Waals surface area contributed by atoms with Crippen LogP contribution in [0.15, 0.2) is 88.7 Å². The minimum absolute atomic E-state index is 0.153. The normalized spacial score (nSPS) is 12.1. The molecule has 0 aliphatic carbocycles. The number of anilines is 2. The van der Waals surface area contributed by atoms with Gasteiger partial charge in [-0.1, -0.05) is 30.3 Å². The highest BCUT2D eigenvalue weighted by atomic mass is 32.2. The lowest BCUT2D eigenvalue weighted by Gasteiger charge is -2.26. The molecule has 0 aliphatic rings. The first-order valence-electron chi connectivity index (χ1n) is 9.95. The lowest BCUT2D eigenvalue weighted by Crippen LogP contribution is -2.27. The van der Waals surface area contributed by atoms with Crippen LogP contribution < -0.4 is 9.44 Å². The fourth-order valence-electron chi connectivity index (χ4n) is 3.70. The van der Waals surface area contributed by atoms with Gasteiger partial charge in [0.25, 0.3) is 10.0 Å². The molecule has 0 aliphatic heterocycles. The maximum Gasteiger partial charge on any atom is 0.269 e. The molecule has 0 fully saturated rings. The quantitative estimate of drug-likeness (QED) is 0.439. The van der Waals surface area contributed by atoms with Crippen LogP contribution in [0.25, 0.3) is 10.8 Å². The molecule has 0 spiro atoms. The molecule has 4 aromatic rings. The number of primary sulfonamides is 1. The van der Waals surface area contributed by atoms with E-state index >= 15 is 0 Å². The predicted octanol–water partition coefficient (Wildman–Crippen LogP) is 4.34. The van der Waals surface area contributed by atoms with E-state index in [4.69, 9.17) is 5.14 Å². The number of sulfonamides is 2. The number of aromatic hydroxyl groups is 1. The van der Waals surface area contributed by atoms with Crippen LogP contribution in [0.5, 0.6) is 5.75 Å². The number of nitrogens with zero attached hydrogens (tertiary/aromatic N) is 1. The summed E-state index contributed by atoms with van der Waals surface area (Å²) in [5.74, 6) is -0.153. The van der Waals surface area contributed by atoms with Gasteiger partial charge in [-0.2, -0.15) is 0 Å². The Morgan fingerprint density at radius 3 is 1.85 bits per heavy atom. The molecule has 0 bridgehead atoms. The number of nitrogens with two attached hydrogens (primary N) is 1. The minimum Gasteiger partial charge on any atom is -0.508 e. The molecule has 0 amide bonds. The fraction of sp³-hybridized carbons (Fsp3) is 0.0833. The highest BCUT2D eigenvalue weighted by molar-refractivity contribution is 7.93. The van der Waals surface area contributed by atoms with Crippen LogP contribution in [-0.4, -0.2) is 21.9 Å². The maximum atomic E-state index is 14.2. The summed E-state index contributed by atoms with van der Waals surface area (Å²) in [6.45, 7) is 3.69. The number of fused-ring (bicyclic) bond motifs is 1. The SMILES string of the molecule is Cc1cccc(N(c2cccc(C)c2)S(=O)(=O)c2cc(S(N)(=O)=O)cc3ccc(O)cc23)c1. The molecule has 0 unspecified atom stereocenters. The largest absolute Gasteiger partial charge is 0.508 e. The number of phenolic OH excluding ortho intramolecular Hbond substituents is 1. The lowest BCUT2D eigenvalue weighted by atomic mass is 10.1. The lowest BCUT2D eigenvalue weighted by molar-refractivity contribution is 0.476. The predicted molar refractivity (Wildman–Crippen MR) is 129 cm³/mol. The van der Waals surface area contributed by atoms with Crippen molar-refractivity contribution in [2.24, 2.45) is 5.14 Å². The average molecular weight is 483 g/mol. The van der Waals surface area contributed by atoms with Crippen LogP contribution in [0.1, 0.15) is 11.1 Å². The zero-order chi connectivity index (χ0) is 24.0. The molecule has 33 heavy (non-hydrogen) atoms. The van der Waals surface area contributed by atoms with Gasteiger partial charge in [0.2, 0.25) is 10.0 Å². The van der Waals surface area contributed by atoms with Crippen LogP contribution in [0.2, 0.25) is 0 Å². The van der Waals surface area contributed by atoms with Crippen LogP contribution in [-0.2, 0) is 20.0 Å². The first-order chi connectivity index (χ1) is 15.5. The van der Waals surface area contributed by atoms with Gasteiger partial charge in [0, 0.05) is 5.39 Å². The first kappa shape index (κ1) is 22.8. The molecule has 170 valence electrons. The van der Waals surface area contributed by atoms with E-state index < -0.39 is 20.0 Å². The molecular weight excluding hydrogens is 460 g/mol. The van der Waals surface area contributed by atoms with Gasteiger partial charge in [0.05, 0.1) is 21.2 Å². The zero-order valence-electron chi connectivity index (χ0n) is 17.9. The number of aryl methyl sites for hydroxylation is 2. The van der Waals surface area contributed by atoms with Gasteiger partial charge in [-0.15, -0.1) is 0 Å². The number of phenols is 1. The Bertz CT molecular complexity index is 1550. The third-order valence-electron chi connectivity index (χ3n) is 5.19. The van der Waals surface area contributed by atoms with Gasteiger partial charge in [-0.05, 0) is 78.9 Å². The average Bonchev–Trinajstić information content (AvgIpc) is 2.72. The Hall–Kier alpha value is -3.40. The van der Waals surface area contributed by atoms with E-state index in [9.17, 15) is 21.9 Å². The van der Waals surface area contributed by atoms with Crippen molar-refractivity contribution >= 4 is 42.2 Å². The fourth-order valence-corrected chi connectivity index (χ4v) is 6.05. The monoisotopic (exact) mass is 482 g/mol. The molecule has 0 aromatic heterocycles. The van der Waals surface area contributed by atoms with Gasteiger partial charge in [0.1, 0.15) is 5.75 Å². The summed E-state index contributed by atoms with van der Waals surface area (Å²) in [5.41, 5.74) is 2.46. The Morgan fingerprint density at radius 1 is 0.758 bits per heavy atom. The summed E-state index contributed by atoms with van der Waals surface area (Å²) in [6.07, 6.45) is 0. The van der Waals surface area contributed by atoms with Gasteiger partial charge in [-0.25, -0.2) is 26.3 Å². The summed E-state index contributed by atoms with van der Waals surface area (Å²) >= 11 is 0. The van der Waals surface area contributed by atoms with Crippen molar-refractivity contribution in [3.05, 3.63) is 90.0 Å². The van der Waals surface area contributed by atoms with Crippen LogP contribution >= 0.6 is 0 Å². The smallest absolute Gasteiger partial charge is 0.269 e. The second kappa shape index (κ2) is 8.18. The molecule has 7 nitrogen and oxygen atoms in total. The summed E-state index contributed by atoms with van der Waals surface area (Å²) < 4.78 is 53.8.